The van der Waals surface area contributed by atoms with Gasteiger partial charge in [-0.05, 0) is 42.0 Å². The van der Waals surface area contributed by atoms with Crippen molar-refractivity contribution >= 4 is 23.9 Å². The van der Waals surface area contributed by atoms with Gasteiger partial charge in [-0.1, -0.05) is 18.2 Å². The number of alkyl halides is 2. The normalized spacial score (nSPS) is 14.9. The van der Waals surface area contributed by atoms with Gasteiger partial charge in [0, 0.05) is 12.5 Å². The first-order chi connectivity index (χ1) is 12.9. The Labute approximate surface area is 152 Å². The van der Waals surface area contributed by atoms with Crippen LogP contribution in [0.25, 0.3) is 6.08 Å². The Morgan fingerprint density at radius 2 is 1.89 bits per heavy atom. The predicted molar refractivity (Wildman–Crippen MR) is 91.4 cm³/mol. The molecule has 0 unspecified atom stereocenters. The van der Waals surface area contributed by atoms with Gasteiger partial charge in [-0.15, -0.1) is 0 Å². The van der Waals surface area contributed by atoms with Crippen molar-refractivity contribution in [3.8, 4) is 11.5 Å². The summed E-state index contributed by atoms with van der Waals surface area (Å²) in [4.78, 5) is 27.0. The molecule has 0 aliphatic carbocycles. The molecular weight excluding hydrogens is 360 g/mol. The number of aliphatic imine (C=N–C) groups is 1. The zero-order chi connectivity index (χ0) is 19.4. The lowest BCUT2D eigenvalue weighted by molar-refractivity contribution is -0.132. The molecule has 1 aliphatic heterocycles. The minimum atomic E-state index is -2.96. The second-order valence-corrected chi connectivity index (χ2v) is 5.41. The molecule has 0 saturated heterocycles. The molecule has 0 amide bonds. The second kappa shape index (κ2) is 7.77. The van der Waals surface area contributed by atoms with Gasteiger partial charge in [0.15, 0.2) is 5.70 Å². The Bertz CT molecular complexity index is 935. The summed E-state index contributed by atoms with van der Waals surface area (Å²) in [5.74, 6) is -0.817. The number of carbonyl (C=O) groups is 2. The summed E-state index contributed by atoms with van der Waals surface area (Å²) in [6.45, 7) is -1.67. The SMILES string of the molecule is CC(=O)Oc1ccc(/C=C2\N=C(c3cccc(OC(F)F)c3)OC2=O)cc1. The van der Waals surface area contributed by atoms with Crippen LogP contribution in [0.4, 0.5) is 8.78 Å². The van der Waals surface area contributed by atoms with E-state index in [-0.39, 0.29) is 17.3 Å². The molecule has 138 valence electrons. The van der Waals surface area contributed by atoms with Crippen LogP contribution >= 0.6 is 0 Å². The maximum absolute atomic E-state index is 12.3. The first-order valence-electron chi connectivity index (χ1n) is 7.77. The van der Waals surface area contributed by atoms with Crippen molar-refractivity contribution in [2.45, 2.75) is 13.5 Å². The number of hydrogen-bond acceptors (Lipinski definition) is 6. The largest absolute Gasteiger partial charge is 0.435 e. The van der Waals surface area contributed by atoms with E-state index in [9.17, 15) is 18.4 Å². The summed E-state index contributed by atoms with van der Waals surface area (Å²) < 4.78 is 39.0. The third-order valence-corrected chi connectivity index (χ3v) is 3.37. The molecule has 2 aromatic carbocycles. The molecule has 1 heterocycles. The lowest BCUT2D eigenvalue weighted by Gasteiger charge is -2.05. The summed E-state index contributed by atoms with van der Waals surface area (Å²) in [6.07, 6.45) is 1.49. The van der Waals surface area contributed by atoms with Gasteiger partial charge in [-0.25, -0.2) is 9.79 Å². The van der Waals surface area contributed by atoms with E-state index < -0.39 is 18.6 Å². The smallest absolute Gasteiger partial charge is 0.387 e. The molecule has 3 rings (SSSR count). The number of halogens is 2. The zero-order valence-electron chi connectivity index (χ0n) is 14.0. The Kier molecular flexibility index (Phi) is 5.25. The van der Waals surface area contributed by atoms with Crippen LogP contribution in [0.2, 0.25) is 0 Å². The van der Waals surface area contributed by atoms with Gasteiger partial charge in [0.1, 0.15) is 11.5 Å². The molecule has 0 fully saturated rings. The highest BCUT2D eigenvalue weighted by Gasteiger charge is 2.24. The monoisotopic (exact) mass is 373 g/mol. The lowest BCUT2D eigenvalue weighted by Crippen LogP contribution is -2.07. The van der Waals surface area contributed by atoms with Gasteiger partial charge in [-0.3, -0.25) is 4.79 Å². The van der Waals surface area contributed by atoms with Crippen molar-refractivity contribution < 1.29 is 32.6 Å². The van der Waals surface area contributed by atoms with E-state index in [1.807, 2.05) is 0 Å². The predicted octanol–water partition coefficient (Wildman–Crippen LogP) is 3.56. The average molecular weight is 373 g/mol. The molecule has 0 radical (unpaired) electrons. The van der Waals surface area contributed by atoms with Crippen LogP contribution in [0.15, 0.2) is 59.2 Å². The van der Waals surface area contributed by atoms with Crippen molar-refractivity contribution in [2.24, 2.45) is 4.99 Å². The molecule has 0 N–H and O–H groups in total. The molecule has 0 bridgehead atoms. The number of ether oxygens (including phenoxy) is 3. The first-order valence-corrected chi connectivity index (χ1v) is 7.77. The number of nitrogens with zero attached hydrogens (tertiary/aromatic N) is 1. The van der Waals surface area contributed by atoms with Crippen molar-refractivity contribution in [3.05, 3.63) is 65.4 Å². The molecule has 2 aromatic rings. The van der Waals surface area contributed by atoms with Gasteiger partial charge >= 0.3 is 18.6 Å². The Morgan fingerprint density at radius 3 is 2.56 bits per heavy atom. The molecule has 8 heteroatoms. The zero-order valence-corrected chi connectivity index (χ0v) is 14.0. The molecular formula is C19H13F2NO5. The van der Waals surface area contributed by atoms with E-state index in [2.05, 4.69) is 9.73 Å². The Hall–Kier alpha value is -3.55. The van der Waals surface area contributed by atoms with Crippen LogP contribution in [-0.2, 0) is 14.3 Å². The number of esters is 2. The number of cyclic esters (lactones) is 1. The van der Waals surface area contributed by atoms with Gasteiger partial charge < -0.3 is 14.2 Å². The second-order valence-electron chi connectivity index (χ2n) is 5.41. The third-order valence-electron chi connectivity index (χ3n) is 3.37. The quantitative estimate of drug-likeness (QED) is 0.455. The van der Waals surface area contributed by atoms with Crippen molar-refractivity contribution in [2.75, 3.05) is 0 Å². The van der Waals surface area contributed by atoms with Crippen molar-refractivity contribution in [1.82, 2.24) is 0 Å². The fourth-order valence-electron chi connectivity index (χ4n) is 2.29. The van der Waals surface area contributed by atoms with E-state index in [1.54, 1.807) is 30.3 Å². The Morgan fingerprint density at radius 1 is 1.15 bits per heavy atom. The van der Waals surface area contributed by atoms with Crippen LogP contribution in [0.5, 0.6) is 11.5 Å². The van der Waals surface area contributed by atoms with Crippen LogP contribution in [0.3, 0.4) is 0 Å². The molecule has 1 aliphatic rings. The van der Waals surface area contributed by atoms with E-state index in [0.29, 0.717) is 16.9 Å². The molecule has 0 aromatic heterocycles. The van der Waals surface area contributed by atoms with Crippen LogP contribution < -0.4 is 9.47 Å². The molecule has 0 saturated carbocycles. The number of hydrogen-bond donors (Lipinski definition) is 0. The maximum atomic E-state index is 12.3. The van der Waals surface area contributed by atoms with Crippen LogP contribution in [0, 0.1) is 0 Å². The average Bonchev–Trinajstić information content (AvgIpc) is 2.97. The summed E-state index contributed by atoms with van der Waals surface area (Å²) >= 11 is 0. The van der Waals surface area contributed by atoms with Crippen molar-refractivity contribution in [3.63, 3.8) is 0 Å². The highest BCUT2D eigenvalue weighted by molar-refractivity contribution is 6.12. The van der Waals surface area contributed by atoms with Gasteiger partial charge in [0.05, 0.1) is 0 Å². The fourth-order valence-corrected chi connectivity index (χ4v) is 2.29. The number of rotatable bonds is 5. The highest BCUT2D eigenvalue weighted by atomic mass is 19.3. The minimum Gasteiger partial charge on any atom is -0.435 e. The van der Waals surface area contributed by atoms with E-state index in [1.165, 1.54) is 31.2 Å². The van der Waals surface area contributed by atoms with Gasteiger partial charge in [0.25, 0.3) is 0 Å². The van der Waals surface area contributed by atoms with Crippen molar-refractivity contribution in [1.29, 1.82) is 0 Å². The lowest BCUT2D eigenvalue weighted by atomic mass is 10.2. The standard InChI is InChI=1S/C19H13F2NO5/c1-11(23)25-14-7-5-12(6-8-14)9-16-18(24)27-17(22-16)13-3-2-4-15(10-13)26-19(20)21/h2-10,19H,1H3/b16-9-. The van der Waals surface area contributed by atoms with Gasteiger partial charge in [-0.2, -0.15) is 8.78 Å². The van der Waals surface area contributed by atoms with E-state index >= 15 is 0 Å². The Balaban J connectivity index is 1.81. The fraction of sp³-hybridized carbons (Fsp3) is 0.105. The summed E-state index contributed by atoms with van der Waals surface area (Å²) in [5.41, 5.74) is 1.01. The van der Waals surface area contributed by atoms with Gasteiger partial charge in [0.2, 0.25) is 5.90 Å². The van der Waals surface area contributed by atoms with E-state index in [4.69, 9.17) is 9.47 Å². The maximum Gasteiger partial charge on any atom is 0.387 e. The highest BCUT2D eigenvalue weighted by Crippen LogP contribution is 2.23. The number of carbonyl (C=O) groups excluding carboxylic acids is 2. The first kappa shape index (κ1) is 18.2. The number of benzene rings is 2. The molecule has 0 atom stereocenters. The third kappa shape index (κ3) is 4.75. The molecule has 27 heavy (non-hydrogen) atoms. The van der Waals surface area contributed by atoms with E-state index in [0.717, 1.165) is 0 Å². The summed E-state index contributed by atoms with van der Waals surface area (Å²) in [6, 6.07) is 12.1. The topological polar surface area (TPSA) is 74.2 Å². The van der Waals surface area contributed by atoms with Crippen LogP contribution in [0.1, 0.15) is 18.1 Å². The van der Waals surface area contributed by atoms with Crippen LogP contribution in [-0.4, -0.2) is 24.4 Å². The molecule has 0 spiro atoms. The summed E-state index contributed by atoms with van der Waals surface area (Å²) in [7, 11) is 0. The molecule has 6 nitrogen and oxygen atoms in total. The minimum absolute atomic E-state index is 0.0116. The summed E-state index contributed by atoms with van der Waals surface area (Å²) in [5, 5.41) is 0.